The third-order valence-corrected chi connectivity index (χ3v) is 6.50. The third-order valence-electron chi connectivity index (χ3n) is 4.49. The van der Waals surface area contributed by atoms with Gasteiger partial charge in [0.1, 0.15) is 11.6 Å². The molecule has 1 N–H and O–H groups in total. The van der Waals surface area contributed by atoms with Crippen LogP contribution in [0.3, 0.4) is 0 Å². The summed E-state index contributed by atoms with van der Waals surface area (Å²) in [6.45, 7) is 2.49. The number of methoxy groups -OCH3 is 1. The van der Waals surface area contributed by atoms with Crippen molar-refractivity contribution < 1.29 is 19.0 Å². The van der Waals surface area contributed by atoms with E-state index < -0.39 is 0 Å². The second-order valence-electron chi connectivity index (χ2n) is 6.67. The van der Waals surface area contributed by atoms with E-state index in [-0.39, 0.29) is 30.4 Å². The molecule has 31 heavy (non-hydrogen) atoms. The van der Waals surface area contributed by atoms with Gasteiger partial charge in [-0.2, -0.15) is 0 Å². The quantitative estimate of drug-likeness (QED) is 0.511. The van der Waals surface area contributed by atoms with Crippen molar-refractivity contribution in [1.82, 2.24) is 20.1 Å². The molecule has 0 atom stereocenters. The number of nitrogens with zero attached hydrogens (tertiary/aromatic N) is 3. The number of carbonyl (C=O) groups is 1. The van der Waals surface area contributed by atoms with Gasteiger partial charge in [-0.05, 0) is 24.6 Å². The second-order valence-corrected chi connectivity index (χ2v) is 9.07. The molecule has 0 aliphatic carbocycles. The fourth-order valence-electron chi connectivity index (χ4n) is 2.95. The average Bonchev–Trinajstić information content (AvgIpc) is 3.40. The van der Waals surface area contributed by atoms with Crippen LogP contribution in [0.1, 0.15) is 16.3 Å². The number of aromatic nitrogens is 3. The SMILES string of the molecule is COc1cn(CC(=O)NCc2ccc3c(c2)OCO3)c(CSc2nnc(C)s2)cc1=O. The predicted molar refractivity (Wildman–Crippen MR) is 116 cm³/mol. The first-order valence-electron chi connectivity index (χ1n) is 9.37. The lowest BCUT2D eigenvalue weighted by Crippen LogP contribution is -2.28. The van der Waals surface area contributed by atoms with Crippen molar-refractivity contribution in [2.75, 3.05) is 13.9 Å². The van der Waals surface area contributed by atoms with Crippen LogP contribution in [0.4, 0.5) is 0 Å². The summed E-state index contributed by atoms with van der Waals surface area (Å²) in [4.78, 5) is 24.8. The molecule has 0 spiro atoms. The van der Waals surface area contributed by atoms with Crippen LogP contribution in [0, 0.1) is 6.92 Å². The minimum atomic E-state index is -0.233. The van der Waals surface area contributed by atoms with E-state index >= 15 is 0 Å². The molecule has 1 aliphatic rings. The molecule has 162 valence electrons. The summed E-state index contributed by atoms with van der Waals surface area (Å²) in [7, 11) is 1.43. The van der Waals surface area contributed by atoms with Crippen LogP contribution in [-0.4, -0.2) is 34.6 Å². The van der Waals surface area contributed by atoms with Crippen LogP contribution in [0.5, 0.6) is 17.2 Å². The van der Waals surface area contributed by atoms with Gasteiger partial charge < -0.3 is 24.1 Å². The Kier molecular flexibility index (Phi) is 6.42. The van der Waals surface area contributed by atoms with E-state index in [0.717, 1.165) is 14.9 Å². The molecule has 11 heteroatoms. The Bertz CT molecular complexity index is 1160. The van der Waals surface area contributed by atoms with Gasteiger partial charge in [-0.25, -0.2) is 0 Å². The Labute approximate surface area is 186 Å². The van der Waals surface area contributed by atoms with Crippen LogP contribution in [-0.2, 0) is 23.6 Å². The normalized spacial score (nSPS) is 12.1. The van der Waals surface area contributed by atoms with Gasteiger partial charge in [0.05, 0.1) is 13.3 Å². The molecule has 0 bridgehead atoms. The third kappa shape index (κ3) is 5.17. The van der Waals surface area contributed by atoms with Crippen molar-refractivity contribution in [3.63, 3.8) is 0 Å². The molecule has 1 amide bonds. The molecule has 9 nitrogen and oxygen atoms in total. The van der Waals surface area contributed by atoms with Crippen LogP contribution in [0.15, 0.2) is 39.6 Å². The Morgan fingerprint density at radius 1 is 1.29 bits per heavy atom. The number of aryl methyl sites for hydroxylation is 1. The van der Waals surface area contributed by atoms with Crippen molar-refractivity contribution in [2.24, 2.45) is 0 Å². The van der Waals surface area contributed by atoms with E-state index in [4.69, 9.17) is 14.2 Å². The van der Waals surface area contributed by atoms with Gasteiger partial charge in [-0.3, -0.25) is 9.59 Å². The number of nitrogens with one attached hydrogen (secondary N) is 1. The van der Waals surface area contributed by atoms with E-state index in [1.54, 1.807) is 10.8 Å². The number of hydrogen-bond acceptors (Lipinski definition) is 9. The molecule has 1 aromatic carbocycles. The minimum Gasteiger partial charge on any atom is -0.491 e. The van der Waals surface area contributed by atoms with Crippen LogP contribution >= 0.6 is 23.1 Å². The van der Waals surface area contributed by atoms with E-state index in [2.05, 4.69) is 15.5 Å². The van der Waals surface area contributed by atoms with Crippen LogP contribution < -0.4 is 25.0 Å². The summed E-state index contributed by atoms with van der Waals surface area (Å²) < 4.78 is 18.3. The van der Waals surface area contributed by atoms with Gasteiger partial charge in [0.15, 0.2) is 21.6 Å². The zero-order valence-corrected chi connectivity index (χ0v) is 18.5. The summed E-state index contributed by atoms with van der Waals surface area (Å²) in [5.41, 5.74) is 1.36. The van der Waals surface area contributed by atoms with E-state index in [0.29, 0.717) is 29.5 Å². The lowest BCUT2D eigenvalue weighted by atomic mass is 10.2. The first-order chi connectivity index (χ1) is 15.0. The number of benzene rings is 1. The summed E-state index contributed by atoms with van der Waals surface area (Å²) in [6, 6.07) is 7.03. The van der Waals surface area contributed by atoms with Gasteiger partial charge in [-0.15, -0.1) is 10.2 Å². The van der Waals surface area contributed by atoms with Crippen molar-refractivity contribution in [3.8, 4) is 17.2 Å². The predicted octanol–water partition coefficient (Wildman–Crippen LogP) is 2.35. The van der Waals surface area contributed by atoms with Gasteiger partial charge in [0.25, 0.3) is 0 Å². The van der Waals surface area contributed by atoms with Gasteiger partial charge in [-0.1, -0.05) is 29.2 Å². The molecule has 0 radical (unpaired) electrons. The lowest BCUT2D eigenvalue weighted by Gasteiger charge is -2.14. The number of pyridine rings is 1. The van der Waals surface area contributed by atoms with E-state index in [1.165, 1.54) is 36.3 Å². The largest absolute Gasteiger partial charge is 0.491 e. The summed E-state index contributed by atoms with van der Waals surface area (Å²) >= 11 is 2.95. The number of fused-ring (bicyclic) bond motifs is 1. The molecular formula is C20H20N4O5S2. The van der Waals surface area contributed by atoms with E-state index in [1.807, 2.05) is 25.1 Å². The van der Waals surface area contributed by atoms with Crippen LogP contribution in [0.2, 0.25) is 0 Å². The number of hydrogen-bond donors (Lipinski definition) is 1. The van der Waals surface area contributed by atoms with Crippen molar-refractivity contribution >= 4 is 29.0 Å². The van der Waals surface area contributed by atoms with Crippen molar-refractivity contribution in [3.05, 3.63) is 57.0 Å². The topological polar surface area (TPSA) is 105 Å². The Morgan fingerprint density at radius 2 is 2.13 bits per heavy atom. The standard InChI is InChI=1S/C20H20N4O5S2/c1-12-22-23-20(31-12)30-10-14-6-15(25)18(27-2)8-24(14)9-19(26)21-7-13-3-4-16-17(5-13)29-11-28-16/h3-6,8H,7,9-11H2,1-2H3,(H,21,26). The Balaban J connectivity index is 1.44. The second kappa shape index (κ2) is 9.40. The first kappa shape index (κ1) is 21.2. The highest BCUT2D eigenvalue weighted by molar-refractivity contribution is 8.00. The number of thioether (sulfide) groups is 1. The molecule has 0 unspecified atom stereocenters. The highest BCUT2D eigenvalue weighted by atomic mass is 32.2. The monoisotopic (exact) mass is 460 g/mol. The maximum atomic E-state index is 12.6. The number of rotatable bonds is 8. The molecule has 4 rings (SSSR count). The fourth-order valence-corrected chi connectivity index (χ4v) is 4.76. The van der Waals surface area contributed by atoms with Gasteiger partial charge in [0.2, 0.25) is 18.1 Å². The summed E-state index contributed by atoms with van der Waals surface area (Å²) in [5, 5.41) is 11.8. The molecule has 2 aromatic heterocycles. The van der Waals surface area contributed by atoms with Crippen LogP contribution in [0.25, 0.3) is 0 Å². The molecule has 0 saturated carbocycles. The highest BCUT2D eigenvalue weighted by Gasteiger charge is 2.15. The number of amides is 1. The zero-order valence-electron chi connectivity index (χ0n) is 16.9. The maximum Gasteiger partial charge on any atom is 0.240 e. The smallest absolute Gasteiger partial charge is 0.240 e. The van der Waals surface area contributed by atoms with Gasteiger partial charge >= 0.3 is 0 Å². The molecule has 3 aromatic rings. The Morgan fingerprint density at radius 3 is 2.90 bits per heavy atom. The van der Waals surface area contributed by atoms with Crippen molar-refractivity contribution in [2.45, 2.75) is 30.1 Å². The highest BCUT2D eigenvalue weighted by Crippen LogP contribution is 2.32. The molecule has 3 heterocycles. The molecule has 1 aliphatic heterocycles. The molecule has 0 fully saturated rings. The maximum absolute atomic E-state index is 12.6. The fraction of sp³-hybridized carbons (Fsp3) is 0.300. The summed E-state index contributed by atoms with van der Waals surface area (Å²) in [6.07, 6.45) is 1.56. The molecular weight excluding hydrogens is 440 g/mol. The first-order valence-corrected chi connectivity index (χ1v) is 11.2. The number of ether oxygens (including phenoxy) is 3. The molecule has 0 saturated heterocycles. The average molecular weight is 461 g/mol. The van der Waals surface area contributed by atoms with E-state index in [9.17, 15) is 9.59 Å². The number of carbonyl (C=O) groups excluding carboxylic acids is 1. The summed E-state index contributed by atoms with van der Waals surface area (Å²) in [5.74, 6) is 1.83. The Hall–Kier alpha value is -3.05. The van der Waals surface area contributed by atoms with Crippen molar-refractivity contribution in [1.29, 1.82) is 0 Å². The zero-order chi connectivity index (χ0) is 21.8. The van der Waals surface area contributed by atoms with Gasteiger partial charge in [0, 0.05) is 24.1 Å². The minimum absolute atomic E-state index is 0.0478. The lowest BCUT2D eigenvalue weighted by molar-refractivity contribution is -0.121.